The van der Waals surface area contributed by atoms with Crippen molar-refractivity contribution in [3.8, 4) is 11.5 Å². The van der Waals surface area contributed by atoms with E-state index >= 15 is 0 Å². The number of carbonyl (C=O) groups is 1. The highest BCUT2D eigenvalue weighted by Gasteiger charge is 2.26. The fourth-order valence-corrected chi connectivity index (χ4v) is 3.54. The van der Waals surface area contributed by atoms with Crippen LogP contribution in [0, 0.1) is 0 Å². The molecule has 2 heterocycles. The summed E-state index contributed by atoms with van der Waals surface area (Å²) >= 11 is 0. The van der Waals surface area contributed by atoms with Gasteiger partial charge in [-0.3, -0.25) is 9.69 Å². The smallest absolute Gasteiger partial charge is 0.236 e. The van der Waals surface area contributed by atoms with Crippen molar-refractivity contribution in [3.63, 3.8) is 0 Å². The van der Waals surface area contributed by atoms with Gasteiger partial charge in [0.15, 0.2) is 0 Å². The number of likely N-dealkylation sites (tertiary alicyclic amines) is 2. The molecule has 2 aliphatic rings. The molecule has 0 bridgehead atoms. The van der Waals surface area contributed by atoms with E-state index in [2.05, 4.69) is 4.90 Å². The minimum atomic E-state index is -0.287. The van der Waals surface area contributed by atoms with Crippen LogP contribution in [0.25, 0.3) is 0 Å². The third-order valence-corrected chi connectivity index (χ3v) is 5.00. The summed E-state index contributed by atoms with van der Waals surface area (Å²) in [6.07, 6.45) is 3.37. The summed E-state index contributed by atoms with van der Waals surface area (Å²) in [5.74, 6) is 1.82. The molecule has 1 atom stereocenters. The molecule has 1 amide bonds. The summed E-state index contributed by atoms with van der Waals surface area (Å²) in [6.45, 7) is 3.40. The van der Waals surface area contributed by atoms with E-state index in [4.69, 9.17) is 9.47 Å². The molecule has 138 valence electrons. The Balaban J connectivity index is 1.42. The minimum absolute atomic E-state index is 0.147. The molecule has 0 aromatic heterocycles. The molecule has 6 nitrogen and oxygen atoms in total. The maximum atomic E-state index is 12.5. The Morgan fingerprint density at radius 3 is 2.44 bits per heavy atom. The second-order valence-electron chi connectivity index (χ2n) is 6.90. The molecule has 0 unspecified atom stereocenters. The van der Waals surface area contributed by atoms with Crippen LogP contribution in [0.4, 0.5) is 0 Å². The van der Waals surface area contributed by atoms with Crippen LogP contribution in [0.3, 0.4) is 0 Å². The molecular weight excluding hydrogens is 320 g/mol. The number of carbonyl (C=O) groups excluding carboxylic acids is 1. The number of hydrogen-bond acceptors (Lipinski definition) is 5. The Kier molecular flexibility index (Phi) is 6.15. The van der Waals surface area contributed by atoms with Crippen molar-refractivity contribution in [1.82, 2.24) is 9.80 Å². The maximum Gasteiger partial charge on any atom is 0.236 e. The van der Waals surface area contributed by atoms with Crippen LogP contribution in [0.1, 0.15) is 25.7 Å². The molecule has 0 saturated carbocycles. The molecule has 2 aliphatic heterocycles. The van der Waals surface area contributed by atoms with Gasteiger partial charge < -0.3 is 19.5 Å². The summed E-state index contributed by atoms with van der Waals surface area (Å²) in [5, 5.41) is 9.72. The summed E-state index contributed by atoms with van der Waals surface area (Å²) in [6, 6.07) is 7.61. The number of β-amino-alcohol motifs (C(OH)–C–C–N with tert-alkyl or cyclic N) is 1. The SMILES string of the molecule is COc1ccc(OC2CCN(C(=O)CN3CCC[C@@H](O)C3)CC2)cc1. The largest absolute Gasteiger partial charge is 0.497 e. The van der Waals surface area contributed by atoms with E-state index in [-0.39, 0.29) is 18.1 Å². The zero-order valence-corrected chi connectivity index (χ0v) is 14.9. The van der Waals surface area contributed by atoms with Crippen molar-refractivity contribution >= 4 is 5.91 Å². The second-order valence-corrected chi connectivity index (χ2v) is 6.90. The minimum Gasteiger partial charge on any atom is -0.497 e. The van der Waals surface area contributed by atoms with Crippen molar-refractivity contribution in [2.45, 2.75) is 37.9 Å². The lowest BCUT2D eigenvalue weighted by Gasteiger charge is -2.35. The van der Waals surface area contributed by atoms with Crippen molar-refractivity contribution in [2.24, 2.45) is 0 Å². The average Bonchev–Trinajstić information content (AvgIpc) is 2.63. The highest BCUT2D eigenvalue weighted by molar-refractivity contribution is 5.78. The second kappa shape index (κ2) is 8.54. The van der Waals surface area contributed by atoms with Crippen molar-refractivity contribution < 1.29 is 19.4 Å². The molecule has 0 radical (unpaired) electrons. The van der Waals surface area contributed by atoms with Gasteiger partial charge in [0.1, 0.15) is 17.6 Å². The standard InChI is InChI=1S/C19H28N2O4/c1-24-16-4-6-17(7-5-16)25-18-8-11-21(12-9-18)19(23)14-20-10-2-3-15(22)13-20/h4-7,15,18,22H,2-3,8-14H2,1H3/t15-/m1/s1. The third-order valence-electron chi connectivity index (χ3n) is 5.00. The van der Waals surface area contributed by atoms with E-state index in [0.717, 1.165) is 56.8 Å². The van der Waals surface area contributed by atoms with Gasteiger partial charge in [-0.25, -0.2) is 0 Å². The fourth-order valence-electron chi connectivity index (χ4n) is 3.54. The van der Waals surface area contributed by atoms with E-state index in [9.17, 15) is 9.90 Å². The molecule has 2 fully saturated rings. The number of aliphatic hydroxyl groups excluding tert-OH is 1. The normalized spacial score (nSPS) is 22.6. The number of ether oxygens (including phenoxy) is 2. The molecule has 1 N–H and O–H groups in total. The number of amides is 1. The van der Waals surface area contributed by atoms with Gasteiger partial charge in [0.25, 0.3) is 0 Å². The van der Waals surface area contributed by atoms with Crippen molar-refractivity contribution in [3.05, 3.63) is 24.3 Å². The van der Waals surface area contributed by atoms with Crippen LogP contribution in [-0.4, -0.2) is 72.9 Å². The van der Waals surface area contributed by atoms with Gasteiger partial charge in [-0.1, -0.05) is 0 Å². The van der Waals surface area contributed by atoms with Crippen LogP contribution in [0.5, 0.6) is 11.5 Å². The fraction of sp³-hybridized carbons (Fsp3) is 0.632. The Labute approximate surface area is 149 Å². The number of aliphatic hydroxyl groups is 1. The van der Waals surface area contributed by atoms with E-state index in [1.54, 1.807) is 7.11 Å². The zero-order chi connectivity index (χ0) is 17.6. The van der Waals surface area contributed by atoms with Gasteiger partial charge in [-0.15, -0.1) is 0 Å². The molecule has 1 aromatic carbocycles. The first-order valence-corrected chi connectivity index (χ1v) is 9.13. The number of piperidine rings is 2. The Hall–Kier alpha value is -1.79. The van der Waals surface area contributed by atoms with E-state index in [1.807, 2.05) is 29.2 Å². The van der Waals surface area contributed by atoms with E-state index < -0.39 is 0 Å². The zero-order valence-electron chi connectivity index (χ0n) is 14.9. The van der Waals surface area contributed by atoms with Gasteiger partial charge >= 0.3 is 0 Å². The molecule has 6 heteroatoms. The lowest BCUT2D eigenvalue weighted by atomic mass is 10.1. The Bertz CT molecular complexity index is 555. The monoisotopic (exact) mass is 348 g/mol. The first-order valence-electron chi connectivity index (χ1n) is 9.13. The summed E-state index contributed by atoms with van der Waals surface area (Å²) in [7, 11) is 1.65. The Morgan fingerprint density at radius 2 is 1.80 bits per heavy atom. The number of methoxy groups -OCH3 is 1. The van der Waals surface area contributed by atoms with Gasteiger partial charge in [-0.2, -0.15) is 0 Å². The molecule has 0 spiro atoms. The molecule has 2 saturated heterocycles. The molecule has 3 rings (SSSR count). The summed E-state index contributed by atoms with van der Waals surface area (Å²) < 4.78 is 11.2. The maximum absolute atomic E-state index is 12.5. The van der Waals surface area contributed by atoms with Crippen LogP contribution >= 0.6 is 0 Å². The number of hydrogen-bond donors (Lipinski definition) is 1. The topological polar surface area (TPSA) is 62.2 Å². The third kappa shape index (κ3) is 5.09. The molecule has 1 aromatic rings. The number of rotatable bonds is 5. The first kappa shape index (κ1) is 18.0. The summed E-state index contributed by atoms with van der Waals surface area (Å²) in [4.78, 5) is 16.4. The van der Waals surface area contributed by atoms with Crippen molar-refractivity contribution in [1.29, 1.82) is 0 Å². The van der Waals surface area contributed by atoms with Crippen LogP contribution in [-0.2, 0) is 4.79 Å². The predicted molar refractivity (Wildman–Crippen MR) is 94.9 cm³/mol. The van der Waals surface area contributed by atoms with Gasteiger partial charge in [0.2, 0.25) is 5.91 Å². The predicted octanol–water partition coefficient (Wildman–Crippen LogP) is 1.52. The highest BCUT2D eigenvalue weighted by atomic mass is 16.5. The highest BCUT2D eigenvalue weighted by Crippen LogP contribution is 2.22. The summed E-state index contributed by atoms with van der Waals surface area (Å²) in [5.41, 5.74) is 0. The lowest BCUT2D eigenvalue weighted by Crippen LogP contribution is -2.48. The molecular formula is C19H28N2O4. The molecule has 0 aliphatic carbocycles. The van der Waals surface area contributed by atoms with Gasteiger partial charge in [0, 0.05) is 32.5 Å². The van der Waals surface area contributed by atoms with E-state index in [0.29, 0.717) is 13.1 Å². The van der Waals surface area contributed by atoms with Crippen molar-refractivity contribution in [2.75, 3.05) is 39.8 Å². The molecule has 25 heavy (non-hydrogen) atoms. The quantitative estimate of drug-likeness (QED) is 0.874. The Morgan fingerprint density at radius 1 is 1.12 bits per heavy atom. The van der Waals surface area contributed by atoms with Crippen LogP contribution in [0.15, 0.2) is 24.3 Å². The first-order chi connectivity index (χ1) is 12.1. The van der Waals surface area contributed by atoms with Crippen LogP contribution < -0.4 is 9.47 Å². The van der Waals surface area contributed by atoms with Gasteiger partial charge in [0.05, 0.1) is 19.8 Å². The number of benzene rings is 1. The van der Waals surface area contributed by atoms with E-state index in [1.165, 1.54) is 0 Å². The lowest BCUT2D eigenvalue weighted by molar-refractivity contribution is -0.134. The van der Waals surface area contributed by atoms with Gasteiger partial charge in [-0.05, 0) is 43.7 Å². The number of nitrogens with zero attached hydrogens (tertiary/aromatic N) is 2. The average molecular weight is 348 g/mol. The van der Waals surface area contributed by atoms with Crippen LogP contribution in [0.2, 0.25) is 0 Å².